The molecule has 24 heavy (non-hydrogen) atoms. The van der Waals surface area contributed by atoms with Crippen LogP contribution in [0.5, 0.6) is 5.75 Å². The van der Waals surface area contributed by atoms with Gasteiger partial charge in [0.15, 0.2) is 0 Å². The first-order chi connectivity index (χ1) is 11.5. The summed E-state index contributed by atoms with van der Waals surface area (Å²) in [5.41, 5.74) is 2.63. The van der Waals surface area contributed by atoms with Crippen molar-refractivity contribution in [3.63, 3.8) is 0 Å². The molecule has 5 nitrogen and oxygen atoms in total. The lowest BCUT2D eigenvalue weighted by Gasteiger charge is -2.27. The lowest BCUT2D eigenvalue weighted by molar-refractivity contribution is -0.384. The number of ether oxygens (including phenoxy) is 1. The minimum Gasteiger partial charge on any atom is -0.486 e. The van der Waals surface area contributed by atoms with E-state index in [2.05, 4.69) is 37.2 Å². The number of rotatable bonds is 4. The maximum atomic E-state index is 10.8. The van der Waals surface area contributed by atoms with Crippen LogP contribution in [0.2, 0.25) is 0 Å². The Morgan fingerprint density at radius 3 is 2.50 bits per heavy atom. The average Bonchev–Trinajstić information content (AvgIpc) is 2.76. The van der Waals surface area contributed by atoms with Gasteiger partial charge in [0.05, 0.1) is 4.92 Å². The molecule has 3 rings (SSSR count). The van der Waals surface area contributed by atoms with Crippen LogP contribution in [0, 0.1) is 10.1 Å². The van der Waals surface area contributed by atoms with Gasteiger partial charge in [-0.15, -0.1) is 0 Å². The minimum atomic E-state index is -0.396. The summed E-state index contributed by atoms with van der Waals surface area (Å²) >= 11 is 0. The van der Waals surface area contributed by atoms with Crippen molar-refractivity contribution in [1.29, 1.82) is 0 Å². The molecule has 0 heterocycles. The second-order valence-corrected chi connectivity index (χ2v) is 6.45. The summed E-state index contributed by atoms with van der Waals surface area (Å²) in [5.74, 6) is 0.666. The first-order valence-electron chi connectivity index (χ1n) is 8.20. The second kappa shape index (κ2) is 7.01. The highest BCUT2D eigenvalue weighted by molar-refractivity contribution is 5.37. The summed E-state index contributed by atoms with van der Waals surface area (Å²) in [5, 5.41) is 10.8. The highest BCUT2D eigenvalue weighted by Crippen LogP contribution is 2.34. The first kappa shape index (κ1) is 16.5. The van der Waals surface area contributed by atoms with Gasteiger partial charge in [0.2, 0.25) is 0 Å². The molecule has 2 aromatic rings. The molecule has 0 fully saturated rings. The predicted molar refractivity (Wildman–Crippen MR) is 93.3 cm³/mol. The molecule has 0 spiro atoms. The molecule has 0 saturated heterocycles. The van der Waals surface area contributed by atoms with Crippen LogP contribution in [0.25, 0.3) is 0 Å². The van der Waals surface area contributed by atoms with Gasteiger partial charge in [-0.3, -0.25) is 10.1 Å². The molecular formula is C19H22N2O3. The zero-order valence-electron chi connectivity index (χ0n) is 14.0. The van der Waals surface area contributed by atoms with Crippen LogP contribution in [-0.2, 0) is 6.42 Å². The summed E-state index contributed by atoms with van der Waals surface area (Å²) in [6.07, 6.45) is 3.00. The van der Waals surface area contributed by atoms with Crippen LogP contribution in [0.4, 0.5) is 5.69 Å². The normalized spacial score (nSPS) is 20.3. The fourth-order valence-electron chi connectivity index (χ4n) is 3.28. The molecule has 2 atom stereocenters. The third-order valence-corrected chi connectivity index (χ3v) is 4.69. The smallest absolute Gasteiger partial charge is 0.269 e. The van der Waals surface area contributed by atoms with Gasteiger partial charge in [0, 0.05) is 24.6 Å². The lowest BCUT2D eigenvalue weighted by Crippen LogP contribution is -2.30. The molecule has 0 aliphatic heterocycles. The molecule has 0 aromatic heterocycles. The number of benzene rings is 2. The Labute approximate surface area is 142 Å². The zero-order chi connectivity index (χ0) is 17.1. The van der Waals surface area contributed by atoms with Crippen LogP contribution in [0.1, 0.15) is 30.1 Å². The SMILES string of the molecule is CN(C)[C@@H]1CCc2ccccc2[C@H](Oc2ccc([N+](=O)[O-])cc2)C1. The van der Waals surface area contributed by atoms with E-state index in [1.54, 1.807) is 12.1 Å². The molecule has 2 aromatic carbocycles. The van der Waals surface area contributed by atoms with Crippen LogP contribution < -0.4 is 4.74 Å². The van der Waals surface area contributed by atoms with Gasteiger partial charge < -0.3 is 9.64 Å². The van der Waals surface area contributed by atoms with Crippen LogP contribution in [0.3, 0.4) is 0 Å². The van der Waals surface area contributed by atoms with Crippen molar-refractivity contribution >= 4 is 5.69 Å². The number of fused-ring (bicyclic) bond motifs is 1. The van der Waals surface area contributed by atoms with E-state index < -0.39 is 4.92 Å². The molecule has 0 radical (unpaired) electrons. The monoisotopic (exact) mass is 326 g/mol. The summed E-state index contributed by atoms with van der Waals surface area (Å²) in [6, 6.07) is 15.2. The summed E-state index contributed by atoms with van der Waals surface area (Å²) < 4.78 is 6.23. The van der Waals surface area contributed by atoms with Crippen LogP contribution in [-0.4, -0.2) is 30.0 Å². The zero-order valence-corrected chi connectivity index (χ0v) is 14.0. The highest BCUT2D eigenvalue weighted by atomic mass is 16.6. The summed E-state index contributed by atoms with van der Waals surface area (Å²) in [6.45, 7) is 0. The Hall–Kier alpha value is -2.40. The number of non-ortho nitro benzene ring substituents is 1. The van der Waals surface area contributed by atoms with Gasteiger partial charge in [-0.1, -0.05) is 24.3 Å². The summed E-state index contributed by atoms with van der Waals surface area (Å²) in [4.78, 5) is 12.6. The molecule has 0 unspecified atom stereocenters. The largest absolute Gasteiger partial charge is 0.486 e. The van der Waals surface area contributed by atoms with E-state index in [9.17, 15) is 10.1 Å². The van der Waals surface area contributed by atoms with Gasteiger partial charge in [0.1, 0.15) is 11.9 Å². The van der Waals surface area contributed by atoms with Gasteiger partial charge in [-0.05, 0) is 50.2 Å². The molecule has 0 bridgehead atoms. The Bertz CT molecular complexity index is 713. The topological polar surface area (TPSA) is 55.6 Å². The van der Waals surface area contributed by atoms with Crippen molar-refractivity contribution in [2.24, 2.45) is 0 Å². The third kappa shape index (κ3) is 3.57. The second-order valence-electron chi connectivity index (χ2n) is 6.45. The average molecular weight is 326 g/mol. The van der Waals surface area contributed by atoms with E-state index >= 15 is 0 Å². The van der Waals surface area contributed by atoms with Crippen molar-refractivity contribution in [2.45, 2.75) is 31.4 Å². The maximum Gasteiger partial charge on any atom is 0.269 e. The van der Waals surface area contributed by atoms with Crippen LogP contribution >= 0.6 is 0 Å². The Balaban J connectivity index is 1.86. The maximum absolute atomic E-state index is 10.8. The van der Waals surface area contributed by atoms with E-state index in [1.165, 1.54) is 23.3 Å². The number of hydrogen-bond acceptors (Lipinski definition) is 4. The molecule has 0 saturated carbocycles. The van der Waals surface area contributed by atoms with Gasteiger partial charge in [-0.25, -0.2) is 0 Å². The van der Waals surface area contributed by atoms with Crippen molar-refractivity contribution < 1.29 is 9.66 Å². The van der Waals surface area contributed by atoms with Crippen molar-refractivity contribution in [3.8, 4) is 5.75 Å². The van der Waals surface area contributed by atoms with E-state index in [0.717, 1.165) is 19.3 Å². The lowest BCUT2D eigenvalue weighted by atomic mass is 10.0. The van der Waals surface area contributed by atoms with Crippen molar-refractivity contribution in [3.05, 3.63) is 69.8 Å². The van der Waals surface area contributed by atoms with Crippen LogP contribution in [0.15, 0.2) is 48.5 Å². The van der Waals surface area contributed by atoms with E-state index in [0.29, 0.717) is 11.8 Å². The Morgan fingerprint density at radius 2 is 1.83 bits per heavy atom. The van der Waals surface area contributed by atoms with Gasteiger partial charge >= 0.3 is 0 Å². The predicted octanol–water partition coefficient (Wildman–Crippen LogP) is 3.98. The number of nitrogens with zero attached hydrogens (tertiary/aromatic N) is 2. The molecule has 5 heteroatoms. The minimum absolute atomic E-state index is 0.0439. The number of nitro groups is 1. The molecule has 1 aliphatic carbocycles. The molecule has 0 N–H and O–H groups in total. The third-order valence-electron chi connectivity index (χ3n) is 4.69. The standard InChI is InChI=1S/C19H22N2O3/c1-20(2)16-8-7-14-5-3-4-6-18(14)19(13-16)24-17-11-9-15(10-12-17)21(22)23/h3-6,9-12,16,19H,7-8,13H2,1-2H3/t16-,19-/m1/s1. The molecule has 1 aliphatic rings. The van der Waals surface area contributed by atoms with Gasteiger partial charge in [-0.2, -0.15) is 0 Å². The number of nitro benzene ring substituents is 1. The highest BCUT2D eigenvalue weighted by Gasteiger charge is 2.27. The first-order valence-corrected chi connectivity index (χ1v) is 8.20. The Morgan fingerprint density at radius 1 is 1.12 bits per heavy atom. The molecular weight excluding hydrogens is 304 g/mol. The quantitative estimate of drug-likeness (QED) is 0.484. The fraction of sp³-hybridized carbons (Fsp3) is 0.368. The molecule has 0 amide bonds. The molecule has 126 valence electrons. The Kier molecular flexibility index (Phi) is 4.81. The summed E-state index contributed by atoms with van der Waals surface area (Å²) in [7, 11) is 4.20. The van der Waals surface area contributed by atoms with Crippen molar-refractivity contribution in [1.82, 2.24) is 4.90 Å². The van der Waals surface area contributed by atoms with E-state index in [4.69, 9.17) is 4.74 Å². The van der Waals surface area contributed by atoms with E-state index in [-0.39, 0.29) is 11.8 Å². The van der Waals surface area contributed by atoms with E-state index in [1.807, 2.05) is 6.07 Å². The van der Waals surface area contributed by atoms with Gasteiger partial charge in [0.25, 0.3) is 5.69 Å². The number of hydrogen-bond donors (Lipinski definition) is 0. The number of aryl methyl sites for hydroxylation is 1. The fourth-order valence-corrected chi connectivity index (χ4v) is 3.28. The van der Waals surface area contributed by atoms with Crippen molar-refractivity contribution in [2.75, 3.05) is 14.1 Å².